The predicted octanol–water partition coefficient (Wildman–Crippen LogP) is 2.50. The molecule has 0 bridgehead atoms. The third-order valence-electron chi connectivity index (χ3n) is 3.08. The second kappa shape index (κ2) is 7.51. The highest BCUT2D eigenvalue weighted by Gasteiger charge is 2.09. The molecule has 0 saturated heterocycles. The molecule has 2 aromatic carbocycles. The molecule has 6 heteroatoms. The first-order chi connectivity index (χ1) is 10.5. The van der Waals surface area contributed by atoms with Crippen molar-refractivity contribution in [2.45, 2.75) is 12.6 Å². The van der Waals surface area contributed by atoms with E-state index in [1.54, 1.807) is 12.1 Å². The van der Waals surface area contributed by atoms with Crippen LogP contribution in [-0.4, -0.2) is 17.7 Å². The van der Waals surface area contributed by atoms with Gasteiger partial charge in [-0.3, -0.25) is 0 Å². The zero-order valence-corrected chi connectivity index (χ0v) is 11.7. The minimum atomic E-state index is -0.919. The van der Waals surface area contributed by atoms with E-state index in [1.165, 1.54) is 36.4 Å². The lowest BCUT2D eigenvalue weighted by atomic mass is 10.1. The number of carbonyl (C=O) groups excluding carboxylic acids is 1. The third kappa shape index (κ3) is 4.82. The summed E-state index contributed by atoms with van der Waals surface area (Å²) in [6, 6.07) is 10.7. The number of aliphatic hydroxyl groups excluding tert-OH is 1. The molecule has 0 aromatic heterocycles. The number of rotatable bonds is 5. The Morgan fingerprint density at radius 3 is 2.09 bits per heavy atom. The summed E-state index contributed by atoms with van der Waals surface area (Å²) in [5, 5.41) is 15.0. The van der Waals surface area contributed by atoms with Gasteiger partial charge in [0, 0.05) is 13.1 Å². The fourth-order valence-corrected chi connectivity index (χ4v) is 1.84. The normalized spacial score (nSPS) is 11.8. The molecule has 0 heterocycles. The van der Waals surface area contributed by atoms with Crippen molar-refractivity contribution in [1.29, 1.82) is 0 Å². The number of amides is 2. The number of nitrogens with one attached hydrogen (secondary N) is 2. The minimum absolute atomic E-state index is 0.000877. The summed E-state index contributed by atoms with van der Waals surface area (Å²) >= 11 is 0. The number of aliphatic hydroxyl groups is 1. The van der Waals surface area contributed by atoms with E-state index < -0.39 is 12.1 Å². The fraction of sp³-hybridized carbons (Fsp3) is 0.188. The van der Waals surface area contributed by atoms with Gasteiger partial charge in [-0.1, -0.05) is 24.3 Å². The molecule has 2 rings (SSSR count). The number of halogens is 2. The Kier molecular flexibility index (Phi) is 5.43. The van der Waals surface area contributed by atoms with E-state index in [1.807, 2.05) is 0 Å². The predicted molar refractivity (Wildman–Crippen MR) is 78.0 cm³/mol. The molecule has 0 aliphatic carbocycles. The standard InChI is InChI=1S/C16H16F2N2O2/c17-13-5-1-11(2-6-13)9-19-16(22)20-10-15(21)12-3-7-14(18)8-4-12/h1-8,15,21H,9-10H2,(H2,19,20,22). The van der Waals surface area contributed by atoms with Crippen LogP contribution in [0, 0.1) is 11.6 Å². The largest absolute Gasteiger partial charge is 0.387 e. The van der Waals surface area contributed by atoms with Gasteiger partial charge in [0.15, 0.2) is 0 Å². The lowest BCUT2D eigenvalue weighted by Crippen LogP contribution is -2.37. The molecule has 22 heavy (non-hydrogen) atoms. The highest BCUT2D eigenvalue weighted by molar-refractivity contribution is 5.73. The molecule has 1 unspecified atom stereocenters. The van der Waals surface area contributed by atoms with Gasteiger partial charge in [0.1, 0.15) is 11.6 Å². The summed E-state index contributed by atoms with van der Waals surface area (Å²) in [6.07, 6.45) is -0.919. The minimum Gasteiger partial charge on any atom is -0.387 e. The summed E-state index contributed by atoms with van der Waals surface area (Å²) in [6.45, 7) is 0.250. The van der Waals surface area contributed by atoms with Crippen LogP contribution in [0.25, 0.3) is 0 Å². The van der Waals surface area contributed by atoms with Crippen LogP contribution in [0.3, 0.4) is 0 Å². The molecule has 1 atom stereocenters. The van der Waals surface area contributed by atoms with E-state index >= 15 is 0 Å². The van der Waals surface area contributed by atoms with Crippen molar-refractivity contribution in [3.8, 4) is 0 Å². The van der Waals surface area contributed by atoms with Crippen LogP contribution in [0.4, 0.5) is 13.6 Å². The molecule has 0 fully saturated rings. The van der Waals surface area contributed by atoms with Gasteiger partial charge in [-0.15, -0.1) is 0 Å². The molecule has 0 saturated carbocycles. The maximum atomic E-state index is 12.8. The van der Waals surface area contributed by atoms with Crippen LogP contribution in [0.2, 0.25) is 0 Å². The monoisotopic (exact) mass is 306 g/mol. The Labute approximate surface area is 126 Å². The lowest BCUT2D eigenvalue weighted by Gasteiger charge is -2.13. The van der Waals surface area contributed by atoms with Crippen LogP contribution in [-0.2, 0) is 6.54 Å². The molecule has 0 aliphatic rings. The van der Waals surface area contributed by atoms with Gasteiger partial charge in [-0.2, -0.15) is 0 Å². The zero-order valence-electron chi connectivity index (χ0n) is 11.7. The molecule has 0 spiro atoms. The number of urea groups is 1. The van der Waals surface area contributed by atoms with Gasteiger partial charge in [0.05, 0.1) is 6.10 Å². The average molecular weight is 306 g/mol. The summed E-state index contributed by atoms with van der Waals surface area (Å²) in [5.74, 6) is -0.725. The van der Waals surface area contributed by atoms with Crippen molar-refractivity contribution in [2.24, 2.45) is 0 Å². The molecular formula is C16H16F2N2O2. The maximum Gasteiger partial charge on any atom is 0.315 e. The zero-order chi connectivity index (χ0) is 15.9. The van der Waals surface area contributed by atoms with Crippen molar-refractivity contribution in [3.05, 3.63) is 71.3 Å². The molecule has 0 aliphatic heterocycles. The average Bonchev–Trinajstić information content (AvgIpc) is 2.52. The fourth-order valence-electron chi connectivity index (χ4n) is 1.84. The highest BCUT2D eigenvalue weighted by atomic mass is 19.1. The molecule has 0 radical (unpaired) electrons. The first kappa shape index (κ1) is 15.9. The van der Waals surface area contributed by atoms with E-state index in [0.717, 1.165) is 5.56 Å². The summed E-state index contributed by atoms with van der Waals surface area (Å²) in [5.41, 5.74) is 1.27. The van der Waals surface area contributed by atoms with Gasteiger partial charge in [-0.05, 0) is 35.4 Å². The van der Waals surface area contributed by atoms with E-state index in [-0.39, 0.29) is 24.7 Å². The lowest BCUT2D eigenvalue weighted by molar-refractivity contribution is 0.173. The summed E-state index contributed by atoms with van der Waals surface area (Å²) in [4.78, 5) is 11.6. The Hall–Kier alpha value is -2.47. The van der Waals surface area contributed by atoms with Gasteiger partial charge in [0.2, 0.25) is 0 Å². The van der Waals surface area contributed by atoms with Crippen LogP contribution in [0.15, 0.2) is 48.5 Å². The van der Waals surface area contributed by atoms with E-state index in [2.05, 4.69) is 10.6 Å². The van der Waals surface area contributed by atoms with Crippen molar-refractivity contribution in [2.75, 3.05) is 6.54 Å². The molecule has 4 nitrogen and oxygen atoms in total. The van der Waals surface area contributed by atoms with Gasteiger partial charge < -0.3 is 15.7 Å². The maximum absolute atomic E-state index is 12.8. The van der Waals surface area contributed by atoms with Crippen LogP contribution < -0.4 is 10.6 Å². The second-order valence-electron chi connectivity index (χ2n) is 4.76. The first-order valence-corrected chi connectivity index (χ1v) is 6.74. The van der Waals surface area contributed by atoms with Crippen molar-refractivity contribution in [3.63, 3.8) is 0 Å². The smallest absolute Gasteiger partial charge is 0.315 e. The topological polar surface area (TPSA) is 61.4 Å². The molecular weight excluding hydrogens is 290 g/mol. The first-order valence-electron chi connectivity index (χ1n) is 6.74. The summed E-state index contributed by atoms with van der Waals surface area (Å²) in [7, 11) is 0. The molecule has 116 valence electrons. The molecule has 2 amide bonds. The Morgan fingerprint density at radius 2 is 1.50 bits per heavy atom. The third-order valence-corrected chi connectivity index (χ3v) is 3.08. The Balaban J connectivity index is 1.75. The van der Waals surface area contributed by atoms with Gasteiger partial charge >= 0.3 is 6.03 Å². The van der Waals surface area contributed by atoms with Crippen molar-refractivity contribution in [1.82, 2.24) is 10.6 Å². The van der Waals surface area contributed by atoms with Crippen molar-refractivity contribution < 1.29 is 18.7 Å². The number of hydrogen-bond acceptors (Lipinski definition) is 2. The number of hydrogen-bond donors (Lipinski definition) is 3. The van der Waals surface area contributed by atoms with Crippen molar-refractivity contribution >= 4 is 6.03 Å². The summed E-state index contributed by atoms with van der Waals surface area (Å²) < 4.78 is 25.5. The SMILES string of the molecule is O=C(NCc1ccc(F)cc1)NCC(O)c1ccc(F)cc1. The van der Waals surface area contributed by atoms with Crippen LogP contribution >= 0.6 is 0 Å². The van der Waals surface area contributed by atoms with Gasteiger partial charge in [-0.25, -0.2) is 13.6 Å². The van der Waals surface area contributed by atoms with Crippen LogP contribution in [0.5, 0.6) is 0 Å². The highest BCUT2D eigenvalue weighted by Crippen LogP contribution is 2.12. The number of carbonyl (C=O) groups is 1. The quantitative estimate of drug-likeness (QED) is 0.795. The Bertz CT molecular complexity index is 615. The van der Waals surface area contributed by atoms with Crippen LogP contribution in [0.1, 0.15) is 17.2 Å². The van der Waals surface area contributed by atoms with Gasteiger partial charge in [0.25, 0.3) is 0 Å². The number of benzene rings is 2. The second-order valence-corrected chi connectivity index (χ2v) is 4.76. The molecule has 2 aromatic rings. The molecule has 3 N–H and O–H groups in total. The van der Waals surface area contributed by atoms with E-state index in [4.69, 9.17) is 0 Å². The van der Waals surface area contributed by atoms with E-state index in [9.17, 15) is 18.7 Å². The Morgan fingerprint density at radius 1 is 0.955 bits per heavy atom. The van der Waals surface area contributed by atoms with E-state index in [0.29, 0.717) is 5.56 Å².